The van der Waals surface area contributed by atoms with Crippen molar-refractivity contribution >= 4 is 28.6 Å². The molecule has 25 heavy (non-hydrogen) atoms. The van der Waals surface area contributed by atoms with Gasteiger partial charge in [-0.3, -0.25) is 14.3 Å². The Morgan fingerprint density at radius 2 is 1.96 bits per heavy atom. The highest BCUT2D eigenvalue weighted by Gasteiger charge is 2.21. The van der Waals surface area contributed by atoms with Gasteiger partial charge in [0, 0.05) is 6.20 Å². The van der Waals surface area contributed by atoms with Gasteiger partial charge in [-0.1, -0.05) is 11.6 Å². The molecule has 3 heterocycles. The molecule has 0 spiro atoms. The predicted octanol–water partition coefficient (Wildman–Crippen LogP) is 2.89. The van der Waals surface area contributed by atoms with E-state index in [1.807, 2.05) is 0 Å². The first-order valence-electron chi connectivity index (χ1n) is 7.12. The Kier molecular flexibility index (Phi) is 4.45. The van der Waals surface area contributed by atoms with Crippen molar-refractivity contribution in [2.45, 2.75) is 6.92 Å². The number of halogens is 3. The minimum Gasteiger partial charge on any atom is -0.462 e. The summed E-state index contributed by atoms with van der Waals surface area (Å²) in [5, 5.41) is -0.0232. The average molecular weight is 366 g/mol. The van der Waals surface area contributed by atoms with E-state index in [2.05, 4.69) is 9.97 Å². The molecular formula is C16H10ClF2N3O3. The zero-order valence-corrected chi connectivity index (χ0v) is 13.6. The summed E-state index contributed by atoms with van der Waals surface area (Å²) in [6.45, 7) is 1.61. The normalized spacial score (nSPS) is 10.9. The van der Waals surface area contributed by atoms with E-state index in [-0.39, 0.29) is 28.4 Å². The third kappa shape index (κ3) is 2.96. The van der Waals surface area contributed by atoms with Gasteiger partial charge in [0.1, 0.15) is 22.1 Å². The fourth-order valence-corrected chi connectivity index (χ4v) is 2.48. The predicted molar refractivity (Wildman–Crippen MR) is 86.0 cm³/mol. The summed E-state index contributed by atoms with van der Waals surface area (Å²) in [5.41, 5.74) is -1.70. The molecule has 0 amide bonds. The van der Waals surface area contributed by atoms with Crippen molar-refractivity contribution < 1.29 is 18.3 Å². The summed E-state index contributed by atoms with van der Waals surface area (Å²) in [6.07, 6.45) is 2.58. The molecule has 3 aromatic heterocycles. The SMILES string of the molecule is CCOC(=O)c1cn(-c2c(F)cncc2F)c2nc(Cl)ccc2c1=O. The number of carbonyl (C=O) groups excluding carboxylic acids is 1. The van der Waals surface area contributed by atoms with Crippen molar-refractivity contribution in [3.8, 4) is 5.69 Å². The number of ether oxygens (including phenoxy) is 1. The molecule has 3 rings (SSSR count). The first kappa shape index (κ1) is 17.0. The van der Waals surface area contributed by atoms with Crippen molar-refractivity contribution in [1.29, 1.82) is 0 Å². The molecule has 0 saturated carbocycles. The van der Waals surface area contributed by atoms with Crippen molar-refractivity contribution in [3.05, 3.63) is 63.3 Å². The van der Waals surface area contributed by atoms with Crippen molar-refractivity contribution in [2.75, 3.05) is 6.61 Å². The van der Waals surface area contributed by atoms with E-state index in [1.54, 1.807) is 6.92 Å². The number of hydrogen-bond donors (Lipinski definition) is 0. The monoisotopic (exact) mass is 365 g/mol. The standard InChI is InChI=1S/C16H10ClF2N3O3/c1-2-25-16(24)9-7-22(13-10(18)5-20-6-11(13)19)15-8(14(9)23)3-4-12(17)21-15/h3-7H,2H2,1H3. The number of fused-ring (bicyclic) bond motifs is 1. The van der Waals surface area contributed by atoms with Crippen LogP contribution in [0.3, 0.4) is 0 Å². The molecular weight excluding hydrogens is 356 g/mol. The van der Waals surface area contributed by atoms with Crippen LogP contribution in [-0.2, 0) is 4.74 Å². The summed E-state index contributed by atoms with van der Waals surface area (Å²) in [4.78, 5) is 31.9. The van der Waals surface area contributed by atoms with Crippen LogP contribution in [-0.4, -0.2) is 27.1 Å². The quantitative estimate of drug-likeness (QED) is 0.527. The van der Waals surface area contributed by atoms with Crippen molar-refractivity contribution in [3.63, 3.8) is 0 Å². The van der Waals surface area contributed by atoms with E-state index in [0.29, 0.717) is 0 Å². The minimum atomic E-state index is -0.999. The summed E-state index contributed by atoms with van der Waals surface area (Å²) in [6, 6.07) is 2.66. The summed E-state index contributed by atoms with van der Waals surface area (Å²) in [5.74, 6) is -2.91. The molecule has 0 aliphatic heterocycles. The molecule has 0 unspecified atom stereocenters. The molecule has 0 aliphatic carbocycles. The van der Waals surface area contributed by atoms with Crippen LogP contribution in [0.5, 0.6) is 0 Å². The Morgan fingerprint density at radius 1 is 1.28 bits per heavy atom. The topological polar surface area (TPSA) is 74.1 Å². The third-order valence-corrected chi connectivity index (χ3v) is 3.59. The maximum absolute atomic E-state index is 14.2. The lowest BCUT2D eigenvalue weighted by Crippen LogP contribution is -2.21. The van der Waals surface area contributed by atoms with E-state index in [0.717, 1.165) is 23.2 Å². The van der Waals surface area contributed by atoms with E-state index < -0.39 is 28.7 Å². The van der Waals surface area contributed by atoms with Crippen molar-refractivity contribution in [1.82, 2.24) is 14.5 Å². The number of nitrogens with zero attached hydrogens (tertiary/aromatic N) is 3. The Bertz CT molecular complexity index is 1030. The molecule has 0 fully saturated rings. The smallest absolute Gasteiger partial charge is 0.343 e. The molecule has 0 aliphatic rings. The molecule has 9 heteroatoms. The Balaban J connectivity index is 2.45. The maximum Gasteiger partial charge on any atom is 0.343 e. The first-order chi connectivity index (χ1) is 11.9. The lowest BCUT2D eigenvalue weighted by atomic mass is 10.2. The van der Waals surface area contributed by atoms with Crippen LogP contribution >= 0.6 is 11.6 Å². The van der Waals surface area contributed by atoms with Crippen LogP contribution in [0, 0.1) is 11.6 Å². The number of rotatable bonds is 3. The Morgan fingerprint density at radius 3 is 2.60 bits per heavy atom. The van der Waals surface area contributed by atoms with Crippen LogP contribution in [0.25, 0.3) is 16.7 Å². The fraction of sp³-hybridized carbons (Fsp3) is 0.125. The molecule has 3 aromatic rings. The molecule has 0 atom stereocenters. The average Bonchev–Trinajstić information content (AvgIpc) is 2.56. The lowest BCUT2D eigenvalue weighted by Gasteiger charge is -2.13. The van der Waals surface area contributed by atoms with Gasteiger partial charge in [-0.2, -0.15) is 0 Å². The largest absolute Gasteiger partial charge is 0.462 e. The zero-order valence-electron chi connectivity index (χ0n) is 12.8. The molecule has 0 aromatic carbocycles. The van der Waals surface area contributed by atoms with Gasteiger partial charge in [0.25, 0.3) is 0 Å². The van der Waals surface area contributed by atoms with Gasteiger partial charge in [-0.25, -0.2) is 18.6 Å². The Labute approximate surface area is 144 Å². The third-order valence-electron chi connectivity index (χ3n) is 3.38. The van der Waals surface area contributed by atoms with Crippen LogP contribution in [0.2, 0.25) is 5.15 Å². The van der Waals surface area contributed by atoms with Crippen LogP contribution in [0.15, 0.2) is 35.5 Å². The van der Waals surface area contributed by atoms with Gasteiger partial charge in [0.15, 0.2) is 11.6 Å². The molecule has 0 N–H and O–H groups in total. The van der Waals surface area contributed by atoms with Crippen molar-refractivity contribution in [2.24, 2.45) is 0 Å². The highest BCUT2D eigenvalue weighted by atomic mass is 35.5. The van der Waals surface area contributed by atoms with Gasteiger partial charge in [-0.15, -0.1) is 0 Å². The lowest BCUT2D eigenvalue weighted by molar-refractivity contribution is 0.0524. The van der Waals surface area contributed by atoms with Gasteiger partial charge < -0.3 is 4.74 Å². The second kappa shape index (κ2) is 6.56. The molecule has 0 bridgehead atoms. The van der Waals surface area contributed by atoms with E-state index in [1.165, 1.54) is 12.1 Å². The van der Waals surface area contributed by atoms with Crippen LogP contribution < -0.4 is 5.43 Å². The van der Waals surface area contributed by atoms with E-state index in [4.69, 9.17) is 16.3 Å². The van der Waals surface area contributed by atoms with Gasteiger partial charge >= 0.3 is 5.97 Å². The highest BCUT2D eigenvalue weighted by Crippen LogP contribution is 2.22. The van der Waals surface area contributed by atoms with Crippen LogP contribution in [0.4, 0.5) is 8.78 Å². The zero-order chi connectivity index (χ0) is 18.1. The number of esters is 1. The summed E-state index contributed by atoms with van der Waals surface area (Å²) >= 11 is 5.84. The van der Waals surface area contributed by atoms with E-state index in [9.17, 15) is 18.4 Å². The Hall–Kier alpha value is -2.87. The number of aromatic nitrogens is 3. The second-order valence-corrected chi connectivity index (χ2v) is 5.31. The van der Waals surface area contributed by atoms with Gasteiger partial charge in [-0.05, 0) is 19.1 Å². The number of hydrogen-bond acceptors (Lipinski definition) is 5. The minimum absolute atomic E-state index is 0.0133. The van der Waals surface area contributed by atoms with E-state index >= 15 is 0 Å². The second-order valence-electron chi connectivity index (χ2n) is 4.92. The maximum atomic E-state index is 14.2. The summed E-state index contributed by atoms with van der Waals surface area (Å²) < 4.78 is 34.1. The summed E-state index contributed by atoms with van der Waals surface area (Å²) in [7, 11) is 0. The highest BCUT2D eigenvalue weighted by molar-refractivity contribution is 6.29. The molecule has 0 radical (unpaired) electrons. The van der Waals surface area contributed by atoms with Gasteiger partial charge in [0.2, 0.25) is 5.43 Å². The number of pyridine rings is 3. The van der Waals surface area contributed by atoms with Gasteiger partial charge in [0.05, 0.1) is 24.4 Å². The molecule has 6 nitrogen and oxygen atoms in total. The number of carbonyl (C=O) groups is 1. The van der Waals surface area contributed by atoms with Crippen LogP contribution in [0.1, 0.15) is 17.3 Å². The first-order valence-corrected chi connectivity index (χ1v) is 7.50. The fourth-order valence-electron chi connectivity index (χ4n) is 2.34. The molecule has 0 saturated heterocycles. The molecule has 128 valence electrons.